The number of hydrogen-bond acceptors (Lipinski definition) is 3. The second kappa shape index (κ2) is 5.84. The maximum absolute atomic E-state index is 12.3. The number of carbonyl (C=O) groups is 2. The zero-order chi connectivity index (χ0) is 13.8. The first-order chi connectivity index (χ1) is 9.11. The third kappa shape index (κ3) is 3.12. The van der Waals surface area contributed by atoms with Gasteiger partial charge in [-0.05, 0) is 19.1 Å². The predicted octanol–water partition coefficient (Wildman–Crippen LogP) is 0.238. The molecule has 1 saturated heterocycles. The van der Waals surface area contributed by atoms with Crippen molar-refractivity contribution in [2.75, 3.05) is 32.7 Å². The number of piperazine rings is 1. The Labute approximate surface area is 113 Å². The summed E-state index contributed by atoms with van der Waals surface area (Å²) in [6.07, 6.45) is 0. The Morgan fingerprint density at radius 3 is 2.11 bits per heavy atom. The van der Waals surface area contributed by atoms with Crippen molar-refractivity contribution < 1.29 is 9.59 Å². The minimum Gasteiger partial charge on any atom is -0.338 e. The quantitative estimate of drug-likeness (QED) is 0.829. The fraction of sp³-hybridized carbons (Fsp3) is 0.429. The van der Waals surface area contributed by atoms with Crippen LogP contribution in [0.5, 0.6) is 0 Å². The molecule has 19 heavy (non-hydrogen) atoms. The van der Waals surface area contributed by atoms with Gasteiger partial charge >= 0.3 is 0 Å². The summed E-state index contributed by atoms with van der Waals surface area (Å²) < 4.78 is 0. The maximum atomic E-state index is 12.3. The fourth-order valence-corrected chi connectivity index (χ4v) is 2.17. The minimum absolute atomic E-state index is 0.0276. The van der Waals surface area contributed by atoms with Gasteiger partial charge in [0.25, 0.3) is 5.91 Å². The molecule has 2 rings (SSSR count). The molecule has 1 aliphatic heterocycles. The summed E-state index contributed by atoms with van der Waals surface area (Å²) >= 11 is 0. The third-order valence-electron chi connectivity index (χ3n) is 3.39. The van der Waals surface area contributed by atoms with Crippen LogP contribution in [0.15, 0.2) is 24.3 Å². The van der Waals surface area contributed by atoms with Crippen LogP contribution < -0.4 is 5.73 Å². The van der Waals surface area contributed by atoms with Crippen LogP contribution in [0.3, 0.4) is 0 Å². The van der Waals surface area contributed by atoms with E-state index in [2.05, 4.69) is 0 Å². The number of amides is 2. The van der Waals surface area contributed by atoms with Crippen molar-refractivity contribution in [2.45, 2.75) is 6.92 Å². The predicted molar refractivity (Wildman–Crippen MR) is 72.7 cm³/mol. The summed E-state index contributed by atoms with van der Waals surface area (Å²) in [6.45, 7) is 4.29. The van der Waals surface area contributed by atoms with E-state index in [0.29, 0.717) is 31.7 Å². The second-order valence-corrected chi connectivity index (χ2v) is 4.74. The molecular weight excluding hydrogens is 242 g/mol. The number of benzene rings is 1. The zero-order valence-electron chi connectivity index (χ0n) is 11.1. The number of aryl methyl sites for hydroxylation is 1. The largest absolute Gasteiger partial charge is 0.338 e. The van der Waals surface area contributed by atoms with Gasteiger partial charge in [0.1, 0.15) is 0 Å². The Morgan fingerprint density at radius 2 is 1.58 bits per heavy atom. The highest BCUT2D eigenvalue weighted by Gasteiger charge is 2.23. The SMILES string of the molecule is Cc1ccc(C(=O)N2CCN(C(=O)CN)CC2)cc1. The zero-order valence-corrected chi connectivity index (χ0v) is 11.1. The Hall–Kier alpha value is -1.88. The molecule has 1 fully saturated rings. The average Bonchev–Trinajstić information content (AvgIpc) is 2.46. The molecule has 0 aliphatic carbocycles. The van der Waals surface area contributed by atoms with Gasteiger partial charge in [-0.3, -0.25) is 9.59 Å². The normalized spacial score (nSPS) is 15.5. The van der Waals surface area contributed by atoms with E-state index in [1.165, 1.54) is 0 Å². The van der Waals surface area contributed by atoms with Crippen LogP contribution in [0, 0.1) is 6.92 Å². The molecular formula is C14H19N3O2. The first-order valence-corrected chi connectivity index (χ1v) is 6.45. The Balaban J connectivity index is 1.96. The lowest BCUT2D eigenvalue weighted by molar-refractivity contribution is -0.131. The number of nitrogens with two attached hydrogens (primary N) is 1. The second-order valence-electron chi connectivity index (χ2n) is 4.74. The monoisotopic (exact) mass is 261 g/mol. The first kappa shape index (κ1) is 13.5. The molecule has 2 N–H and O–H groups in total. The highest BCUT2D eigenvalue weighted by Crippen LogP contribution is 2.10. The standard InChI is InChI=1S/C14H19N3O2/c1-11-2-4-12(5-3-11)14(19)17-8-6-16(7-9-17)13(18)10-15/h2-5H,6-10,15H2,1H3. The van der Waals surface area contributed by atoms with Gasteiger partial charge in [0.2, 0.25) is 5.91 Å². The van der Waals surface area contributed by atoms with E-state index in [1.807, 2.05) is 31.2 Å². The topological polar surface area (TPSA) is 66.6 Å². The minimum atomic E-state index is -0.0533. The van der Waals surface area contributed by atoms with E-state index < -0.39 is 0 Å². The molecule has 0 aromatic heterocycles. The van der Waals surface area contributed by atoms with Gasteiger partial charge in [-0.2, -0.15) is 0 Å². The van der Waals surface area contributed by atoms with E-state index in [0.717, 1.165) is 5.56 Å². The lowest BCUT2D eigenvalue weighted by atomic mass is 10.1. The smallest absolute Gasteiger partial charge is 0.253 e. The molecule has 0 saturated carbocycles. The molecule has 5 nitrogen and oxygen atoms in total. The molecule has 1 aliphatic rings. The molecule has 0 unspecified atom stereocenters. The van der Waals surface area contributed by atoms with Crippen molar-refractivity contribution >= 4 is 11.8 Å². The van der Waals surface area contributed by atoms with Crippen LogP contribution in [0.2, 0.25) is 0 Å². The van der Waals surface area contributed by atoms with E-state index in [4.69, 9.17) is 5.73 Å². The highest BCUT2D eigenvalue weighted by atomic mass is 16.2. The average molecular weight is 261 g/mol. The number of rotatable bonds is 2. The van der Waals surface area contributed by atoms with Crippen molar-refractivity contribution in [3.8, 4) is 0 Å². The molecule has 1 heterocycles. The van der Waals surface area contributed by atoms with Gasteiger partial charge in [-0.1, -0.05) is 17.7 Å². The van der Waals surface area contributed by atoms with Gasteiger partial charge in [0.15, 0.2) is 0 Å². The maximum Gasteiger partial charge on any atom is 0.253 e. The summed E-state index contributed by atoms with van der Waals surface area (Å²) in [6, 6.07) is 7.55. The van der Waals surface area contributed by atoms with Crippen LogP contribution in [-0.4, -0.2) is 54.3 Å². The van der Waals surface area contributed by atoms with E-state index >= 15 is 0 Å². The molecule has 0 spiro atoms. The fourth-order valence-electron chi connectivity index (χ4n) is 2.17. The molecule has 1 aromatic carbocycles. The molecule has 102 valence electrons. The molecule has 0 radical (unpaired) electrons. The van der Waals surface area contributed by atoms with Gasteiger partial charge in [0, 0.05) is 31.7 Å². The summed E-state index contributed by atoms with van der Waals surface area (Å²) in [5.41, 5.74) is 7.16. The molecule has 2 amide bonds. The van der Waals surface area contributed by atoms with Crippen molar-refractivity contribution in [3.05, 3.63) is 35.4 Å². The van der Waals surface area contributed by atoms with Gasteiger partial charge in [-0.25, -0.2) is 0 Å². The summed E-state index contributed by atoms with van der Waals surface area (Å²) in [5.74, 6) is -0.0257. The lowest BCUT2D eigenvalue weighted by Gasteiger charge is -2.34. The number of carbonyl (C=O) groups excluding carboxylic acids is 2. The van der Waals surface area contributed by atoms with Crippen molar-refractivity contribution in [2.24, 2.45) is 5.73 Å². The first-order valence-electron chi connectivity index (χ1n) is 6.45. The van der Waals surface area contributed by atoms with E-state index in [9.17, 15) is 9.59 Å². The molecule has 0 atom stereocenters. The third-order valence-corrected chi connectivity index (χ3v) is 3.39. The van der Waals surface area contributed by atoms with Crippen molar-refractivity contribution in [1.82, 2.24) is 9.80 Å². The van der Waals surface area contributed by atoms with Crippen LogP contribution in [0.1, 0.15) is 15.9 Å². The van der Waals surface area contributed by atoms with Crippen LogP contribution >= 0.6 is 0 Å². The Bertz CT molecular complexity index is 462. The van der Waals surface area contributed by atoms with Gasteiger partial charge < -0.3 is 15.5 Å². The number of nitrogens with zero attached hydrogens (tertiary/aromatic N) is 2. The summed E-state index contributed by atoms with van der Waals surface area (Å²) in [7, 11) is 0. The Kier molecular flexibility index (Phi) is 4.16. The van der Waals surface area contributed by atoms with Crippen LogP contribution in [-0.2, 0) is 4.79 Å². The highest BCUT2D eigenvalue weighted by molar-refractivity contribution is 5.94. The summed E-state index contributed by atoms with van der Waals surface area (Å²) in [4.78, 5) is 27.2. The summed E-state index contributed by atoms with van der Waals surface area (Å²) in [5, 5.41) is 0. The number of hydrogen-bond donors (Lipinski definition) is 1. The van der Waals surface area contributed by atoms with Crippen LogP contribution in [0.25, 0.3) is 0 Å². The molecule has 0 bridgehead atoms. The van der Waals surface area contributed by atoms with E-state index in [1.54, 1.807) is 9.80 Å². The van der Waals surface area contributed by atoms with E-state index in [-0.39, 0.29) is 18.4 Å². The van der Waals surface area contributed by atoms with Crippen molar-refractivity contribution in [1.29, 1.82) is 0 Å². The molecule has 5 heteroatoms. The lowest BCUT2D eigenvalue weighted by Crippen LogP contribution is -2.51. The van der Waals surface area contributed by atoms with Gasteiger partial charge in [0.05, 0.1) is 6.54 Å². The van der Waals surface area contributed by atoms with Gasteiger partial charge in [-0.15, -0.1) is 0 Å². The molecule has 1 aromatic rings. The van der Waals surface area contributed by atoms with Crippen LogP contribution in [0.4, 0.5) is 0 Å². The van der Waals surface area contributed by atoms with Crippen molar-refractivity contribution in [3.63, 3.8) is 0 Å². The Morgan fingerprint density at radius 1 is 1.05 bits per heavy atom.